The number of fused-ring (bicyclic) bond motifs is 12. The minimum atomic E-state index is -0.617. The fourth-order valence-electron chi connectivity index (χ4n) is 13.0. The highest BCUT2D eigenvalue weighted by atomic mass is 16.3. The quantitative estimate of drug-likeness (QED) is 0.164. The summed E-state index contributed by atoms with van der Waals surface area (Å²) < 4.78 is 7.51. The van der Waals surface area contributed by atoms with Gasteiger partial charge in [0.25, 0.3) is 0 Å². The standard InChI is InChI=1S/C64H49BN2O/c1-62(2,3)43-36-37-52(47(38-43)40-22-9-6-10-23-40)66-54-39-48-44-28-15-17-31-49(44)63(4,5)57(48)56-46-30-21-33-51-59(46)67(65(58(54)56)61-60(66)45-29-16-20-35-55(45)68-61)53-34-19-18-32-50(53)64(51,41-24-11-7-12-25-41)42-26-13-8-14-27-42/h6-39H,1-5H3. The van der Waals surface area contributed by atoms with E-state index in [9.17, 15) is 0 Å². The van der Waals surface area contributed by atoms with Gasteiger partial charge in [-0.3, -0.25) is 0 Å². The van der Waals surface area contributed by atoms with Gasteiger partial charge >= 0.3 is 6.85 Å². The Labute approximate surface area is 399 Å². The van der Waals surface area contributed by atoms with Crippen LogP contribution in [0, 0.1) is 0 Å². The molecule has 0 atom stereocenters. The monoisotopic (exact) mass is 872 g/mol. The summed E-state index contributed by atoms with van der Waals surface area (Å²) in [5, 5.41) is 1.10. The zero-order valence-electron chi connectivity index (χ0n) is 39.0. The molecule has 3 nitrogen and oxygen atoms in total. The molecule has 0 N–H and O–H groups in total. The van der Waals surface area contributed by atoms with E-state index in [2.05, 4.69) is 251 Å². The lowest BCUT2D eigenvalue weighted by Gasteiger charge is -2.52. The summed E-state index contributed by atoms with van der Waals surface area (Å²) in [7, 11) is 0. The fourth-order valence-corrected chi connectivity index (χ4v) is 13.0. The molecule has 0 saturated heterocycles. The van der Waals surface area contributed by atoms with Crippen LogP contribution in [0.2, 0.25) is 0 Å². The first-order valence-corrected chi connectivity index (χ1v) is 24.1. The van der Waals surface area contributed by atoms with Crippen molar-refractivity contribution in [3.8, 4) is 33.4 Å². The summed E-state index contributed by atoms with van der Waals surface area (Å²) in [4.78, 5) is 5.26. The second-order valence-corrected chi connectivity index (χ2v) is 20.7. The van der Waals surface area contributed by atoms with Gasteiger partial charge < -0.3 is 14.1 Å². The Morgan fingerprint density at radius 3 is 1.84 bits per heavy atom. The molecule has 0 bridgehead atoms. The van der Waals surface area contributed by atoms with Crippen LogP contribution in [0.4, 0.5) is 28.4 Å². The number of hydrogen-bond acceptors (Lipinski definition) is 3. The maximum Gasteiger partial charge on any atom is 0.375 e. The predicted octanol–water partition coefficient (Wildman–Crippen LogP) is 15.1. The van der Waals surface area contributed by atoms with E-state index in [1.807, 2.05) is 0 Å². The third kappa shape index (κ3) is 5.05. The molecule has 9 aromatic carbocycles. The van der Waals surface area contributed by atoms with Gasteiger partial charge in [-0.05, 0) is 108 Å². The maximum absolute atomic E-state index is 7.51. The molecule has 4 heterocycles. The third-order valence-electron chi connectivity index (χ3n) is 15.8. The van der Waals surface area contributed by atoms with Gasteiger partial charge in [0.15, 0.2) is 0 Å². The molecule has 0 saturated carbocycles. The zero-order chi connectivity index (χ0) is 45.7. The van der Waals surface area contributed by atoms with Gasteiger partial charge in [0.2, 0.25) is 0 Å². The van der Waals surface area contributed by atoms with Crippen LogP contribution in [-0.2, 0) is 16.2 Å². The van der Waals surface area contributed by atoms with E-state index in [1.54, 1.807) is 0 Å². The summed E-state index contributed by atoms with van der Waals surface area (Å²) in [6.45, 7) is 11.5. The predicted molar refractivity (Wildman–Crippen MR) is 284 cm³/mol. The second-order valence-electron chi connectivity index (χ2n) is 20.7. The topological polar surface area (TPSA) is 19.6 Å². The molecule has 3 aliphatic heterocycles. The molecule has 1 aliphatic carbocycles. The fraction of sp³-hybridized carbons (Fsp3) is 0.125. The molecule has 324 valence electrons. The maximum atomic E-state index is 7.51. The first-order valence-electron chi connectivity index (χ1n) is 24.1. The van der Waals surface area contributed by atoms with Crippen molar-refractivity contribution in [3.05, 3.63) is 245 Å². The summed E-state index contributed by atoms with van der Waals surface area (Å²) in [6.07, 6.45) is 0. The Hall–Kier alpha value is -7.82. The number of rotatable bonds is 4. The van der Waals surface area contributed by atoms with E-state index in [0.29, 0.717) is 0 Å². The Morgan fingerprint density at radius 2 is 1.10 bits per heavy atom. The Balaban J connectivity index is 1.19. The van der Waals surface area contributed by atoms with Crippen molar-refractivity contribution >= 4 is 57.4 Å². The van der Waals surface area contributed by atoms with Crippen LogP contribution in [0.1, 0.15) is 73.6 Å². The number of para-hydroxylation sites is 3. The van der Waals surface area contributed by atoms with Gasteiger partial charge in [-0.15, -0.1) is 0 Å². The van der Waals surface area contributed by atoms with Crippen molar-refractivity contribution in [2.75, 3.05) is 9.71 Å². The van der Waals surface area contributed by atoms with Crippen LogP contribution in [0.3, 0.4) is 0 Å². The van der Waals surface area contributed by atoms with Crippen molar-refractivity contribution in [2.24, 2.45) is 0 Å². The van der Waals surface area contributed by atoms with Crippen LogP contribution in [0.15, 0.2) is 211 Å². The van der Waals surface area contributed by atoms with Crippen molar-refractivity contribution < 1.29 is 4.42 Å². The SMILES string of the molecule is CC(C)(C)c1ccc(N2c3cc4c(c5c3B(c3oc6ccccc6c32)N2c3ccccc3C(c3ccccc3)(c3ccccc3)c3cccc-5c32)C(C)(C)c2ccccc2-4)c(-c2ccccc2)c1. The van der Waals surface area contributed by atoms with Crippen molar-refractivity contribution in [3.63, 3.8) is 0 Å². The summed E-state index contributed by atoms with van der Waals surface area (Å²) in [6, 6.07) is 77.3. The highest BCUT2D eigenvalue weighted by Crippen LogP contribution is 2.63. The molecule has 0 radical (unpaired) electrons. The van der Waals surface area contributed by atoms with Gasteiger partial charge in [0.1, 0.15) is 11.2 Å². The van der Waals surface area contributed by atoms with Crippen molar-refractivity contribution in [2.45, 2.75) is 50.9 Å². The molecule has 0 amide bonds. The molecule has 4 heteroatoms. The van der Waals surface area contributed by atoms with Crippen molar-refractivity contribution in [1.82, 2.24) is 0 Å². The van der Waals surface area contributed by atoms with Gasteiger partial charge in [-0.1, -0.05) is 204 Å². The zero-order valence-corrected chi connectivity index (χ0v) is 39.0. The van der Waals surface area contributed by atoms with E-state index >= 15 is 0 Å². The highest BCUT2D eigenvalue weighted by molar-refractivity contribution is 6.93. The minimum absolute atomic E-state index is 0.0532. The molecule has 0 spiro atoms. The van der Waals surface area contributed by atoms with E-state index < -0.39 is 5.41 Å². The average molecular weight is 873 g/mol. The van der Waals surface area contributed by atoms with Crippen LogP contribution in [0.25, 0.3) is 44.3 Å². The molecular weight excluding hydrogens is 824 g/mol. The molecule has 14 rings (SSSR count). The normalized spacial score (nSPS) is 15.3. The summed E-state index contributed by atoms with van der Waals surface area (Å²) in [5.41, 5.74) is 24.6. The number of anilines is 5. The molecule has 68 heavy (non-hydrogen) atoms. The molecule has 10 aromatic rings. The van der Waals surface area contributed by atoms with E-state index in [4.69, 9.17) is 4.42 Å². The van der Waals surface area contributed by atoms with E-state index in [-0.39, 0.29) is 17.7 Å². The van der Waals surface area contributed by atoms with E-state index in [1.165, 1.54) is 94.8 Å². The lowest BCUT2D eigenvalue weighted by molar-refractivity contribution is 0.590. The van der Waals surface area contributed by atoms with Crippen LogP contribution >= 0.6 is 0 Å². The minimum Gasteiger partial charge on any atom is -0.466 e. The summed E-state index contributed by atoms with van der Waals surface area (Å²) >= 11 is 0. The first kappa shape index (κ1) is 39.4. The number of benzene rings is 9. The number of furan rings is 1. The Kier molecular flexibility index (Phi) is 8.03. The van der Waals surface area contributed by atoms with Gasteiger partial charge in [0.05, 0.1) is 16.8 Å². The lowest BCUT2D eigenvalue weighted by Crippen LogP contribution is -2.63. The highest BCUT2D eigenvalue weighted by Gasteiger charge is 2.57. The van der Waals surface area contributed by atoms with Crippen LogP contribution in [-0.4, -0.2) is 6.85 Å². The lowest BCUT2D eigenvalue weighted by atomic mass is 9.43. The summed E-state index contributed by atoms with van der Waals surface area (Å²) in [5.74, 6) is 0. The van der Waals surface area contributed by atoms with Crippen LogP contribution in [0.5, 0.6) is 0 Å². The van der Waals surface area contributed by atoms with E-state index in [0.717, 1.165) is 28.0 Å². The largest absolute Gasteiger partial charge is 0.466 e. The Morgan fingerprint density at radius 1 is 0.485 bits per heavy atom. The smallest absolute Gasteiger partial charge is 0.375 e. The first-order chi connectivity index (χ1) is 33.2. The van der Waals surface area contributed by atoms with Crippen LogP contribution < -0.4 is 20.8 Å². The molecule has 0 unspecified atom stereocenters. The molecule has 4 aliphatic rings. The number of nitrogens with zero attached hydrogens (tertiary/aromatic N) is 2. The average Bonchev–Trinajstić information content (AvgIpc) is 3.87. The third-order valence-corrected chi connectivity index (χ3v) is 15.8. The number of hydrogen-bond donors (Lipinski definition) is 0. The van der Waals surface area contributed by atoms with Crippen molar-refractivity contribution in [1.29, 1.82) is 0 Å². The Bertz CT molecular complexity index is 3670. The molecular formula is C64H49BN2O. The molecule has 0 fully saturated rings. The second kappa shape index (κ2) is 13.9. The molecule has 1 aromatic heterocycles. The van der Waals surface area contributed by atoms with Gasteiger partial charge in [0, 0.05) is 39.0 Å². The van der Waals surface area contributed by atoms with Gasteiger partial charge in [-0.2, -0.15) is 0 Å². The van der Waals surface area contributed by atoms with Gasteiger partial charge in [-0.25, -0.2) is 0 Å².